The van der Waals surface area contributed by atoms with Crippen molar-refractivity contribution in [3.05, 3.63) is 60.8 Å². The van der Waals surface area contributed by atoms with Crippen LogP contribution < -0.4 is 10.2 Å². The van der Waals surface area contributed by atoms with E-state index in [0.29, 0.717) is 17.4 Å². The van der Waals surface area contributed by atoms with Crippen molar-refractivity contribution in [2.75, 3.05) is 40.9 Å². The molecule has 444 valence electrons. The number of allylic oxidation sites excluding steroid dienone is 9. The lowest BCUT2D eigenvalue weighted by Gasteiger charge is -2.30. The molecule has 0 saturated carbocycles. The molecule has 10 heteroatoms. The van der Waals surface area contributed by atoms with Crippen molar-refractivity contribution >= 4 is 19.7 Å². The highest BCUT2D eigenvalue weighted by atomic mass is 31.2. The lowest BCUT2D eigenvalue weighted by Crippen LogP contribution is -2.47. The molecule has 3 unspecified atom stereocenters. The Hall–Kier alpha value is -2.29. The third kappa shape index (κ3) is 56.4. The summed E-state index contributed by atoms with van der Waals surface area (Å²) in [6.07, 6.45) is 70.5. The average Bonchev–Trinajstić information content (AvgIpc) is 3.38. The Morgan fingerprint density at radius 1 is 0.474 bits per heavy atom. The lowest BCUT2D eigenvalue weighted by molar-refractivity contribution is -0.870. The van der Waals surface area contributed by atoms with Crippen molar-refractivity contribution in [3.8, 4) is 0 Å². The van der Waals surface area contributed by atoms with E-state index in [1.54, 1.807) is 0 Å². The molecule has 0 aliphatic heterocycles. The van der Waals surface area contributed by atoms with Crippen LogP contribution in [0.5, 0.6) is 0 Å². The van der Waals surface area contributed by atoms with Gasteiger partial charge in [0.15, 0.2) is 0 Å². The van der Waals surface area contributed by atoms with E-state index in [1.165, 1.54) is 186 Å². The van der Waals surface area contributed by atoms with Gasteiger partial charge in [-0.25, -0.2) is 0 Å². The number of nitrogens with one attached hydrogen (secondary N) is 1. The van der Waals surface area contributed by atoms with Crippen molar-refractivity contribution in [1.82, 2.24) is 5.32 Å². The number of nitrogens with zero attached hydrogens (tertiary/aromatic N) is 1. The Morgan fingerprint density at radius 3 is 1.30 bits per heavy atom. The number of carbonyl (C=O) groups excluding carboxylic acids is 2. The van der Waals surface area contributed by atoms with Gasteiger partial charge in [0.2, 0.25) is 5.91 Å². The van der Waals surface area contributed by atoms with Crippen molar-refractivity contribution in [3.63, 3.8) is 0 Å². The fourth-order valence-electron chi connectivity index (χ4n) is 9.19. The second-order valence-corrected chi connectivity index (χ2v) is 24.3. The Balaban J connectivity index is 5.16. The van der Waals surface area contributed by atoms with Crippen LogP contribution in [-0.4, -0.2) is 69.4 Å². The summed E-state index contributed by atoms with van der Waals surface area (Å²) in [7, 11) is 1.17. The Morgan fingerprint density at radius 2 is 0.842 bits per heavy atom. The van der Waals surface area contributed by atoms with Gasteiger partial charge in [0.1, 0.15) is 19.3 Å². The van der Waals surface area contributed by atoms with Gasteiger partial charge in [-0.05, 0) is 89.5 Å². The molecule has 0 saturated heterocycles. The molecule has 0 rings (SSSR count). The van der Waals surface area contributed by atoms with E-state index < -0.39 is 26.6 Å². The molecule has 0 aliphatic carbocycles. The van der Waals surface area contributed by atoms with Gasteiger partial charge in [-0.3, -0.25) is 14.2 Å². The highest BCUT2D eigenvalue weighted by Crippen LogP contribution is 2.38. The maximum absolute atomic E-state index is 13.5. The minimum Gasteiger partial charge on any atom is -0.756 e. The predicted molar refractivity (Wildman–Crippen MR) is 325 cm³/mol. The van der Waals surface area contributed by atoms with Crippen molar-refractivity contribution < 1.29 is 37.3 Å². The van der Waals surface area contributed by atoms with Gasteiger partial charge in [0, 0.05) is 12.8 Å². The Bertz CT molecular complexity index is 1490. The molecule has 0 fully saturated rings. The summed E-state index contributed by atoms with van der Waals surface area (Å²) in [5.74, 6) is -0.567. The van der Waals surface area contributed by atoms with Crippen LogP contribution in [0.2, 0.25) is 0 Å². The van der Waals surface area contributed by atoms with Crippen molar-refractivity contribution in [2.45, 2.75) is 309 Å². The predicted octanol–water partition coefficient (Wildman–Crippen LogP) is 19.2. The highest BCUT2D eigenvalue weighted by molar-refractivity contribution is 7.45. The van der Waals surface area contributed by atoms with E-state index in [0.717, 1.165) is 70.6 Å². The number of esters is 1. The Labute approximate surface area is 471 Å². The molecule has 0 radical (unpaired) electrons. The van der Waals surface area contributed by atoms with Crippen LogP contribution >= 0.6 is 7.82 Å². The van der Waals surface area contributed by atoms with Crippen LogP contribution in [0, 0.1) is 0 Å². The average molecular weight is 1090 g/mol. The molecular weight excluding hydrogens is 964 g/mol. The van der Waals surface area contributed by atoms with E-state index in [-0.39, 0.29) is 31.3 Å². The number of hydrogen-bond donors (Lipinski definition) is 1. The van der Waals surface area contributed by atoms with E-state index in [9.17, 15) is 19.0 Å². The molecule has 9 nitrogen and oxygen atoms in total. The van der Waals surface area contributed by atoms with Crippen LogP contribution in [-0.2, 0) is 27.9 Å². The molecule has 1 N–H and O–H groups in total. The third-order valence-electron chi connectivity index (χ3n) is 14.2. The number of ether oxygens (including phenoxy) is 1. The van der Waals surface area contributed by atoms with E-state index in [4.69, 9.17) is 13.8 Å². The van der Waals surface area contributed by atoms with E-state index >= 15 is 0 Å². The number of phosphoric ester groups is 1. The standard InChI is InChI=1S/C66H123N2O7P/c1-7-10-13-16-19-22-25-27-29-31-32-33-34-35-36-37-39-41-44-47-50-53-56-59-66(70)75-64(57-54-51-48-45-42-24-21-18-15-12-9-3)63(62-74-76(71,72)73-61-60-68(4,5)6)67-65(69)58-55-52-49-46-43-40-38-30-28-26-23-20-17-14-11-8-2/h19,22,27,29-30,38,40,43,54,57,63-64H,7-18,20-21,23-26,28,31-37,39,41-42,44-53,55-56,58-62H2,1-6H3,(H-,67,69,71,72)/b22-19-,29-27-,38-30+,43-40+,57-54-. The molecule has 3 atom stereocenters. The third-order valence-corrected chi connectivity index (χ3v) is 15.2. The number of phosphoric acid groups is 1. The fourth-order valence-corrected chi connectivity index (χ4v) is 9.91. The van der Waals surface area contributed by atoms with Gasteiger partial charge >= 0.3 is 5.97 Å². The summed E-state index contributed by atoms with van der Waals surface area (Å²) >= 11 is 0. The largest absolute Gasteiger partial charge is 0.756 e. The maximum atomic E-state index is 13.5. The van der Waals surface area contributed by atoms with Gasteiger partial charge in [0.05, 0.1) is 33.8 Å². The second-order valence-electron chi connectivity index (χ2n) is 22.9. The number of amides is 1. The first-order chi connectivity index (χ1) is 36.9. The maximum Gasteiger partial charge on any atom is 0.306 e. The molecule has 0 spiro atoms. The zero-order valence-corrected chi connectivity index (χ0v) is 51.6. The lowest BCUT2D eigenvalue weighted by atomic mass is 10.0. The molecule has 1 amide bonds. The summed E-state index contributed by atoms with van der Waals surface area (Å²) in [4.78, 5) is 40.0. The molecular formula is C66H123N2O7P. The summed E-state index contributed by atoms with van der Waals surface area (Å²) in [5, 5.41) is 3.01. The highest BCUT2D eigenvalue weighted by Gasteiger charge is 2.27. The molecule has 0 aromatic carbocycles. The second kappa shape index (κ2) is 56.0. The molecule has 0 aliphatic rings. The quantitative estimate of drug-likeness (QED) is 0.0161. The van der Waals surface area contributed by atoms with Crippen LogP contribution in [0.1, 0.15) is 297 Å². The number of quaternary nitrogens is 1. The minimum absolute atomic E-state index is 0.0279. The smallest absolute Gasteiger partial charge is 0.306 e. The first-order valence-electron chi connectivity index (χ1n) is 32.1. The summed E-state index contributed by atoms with van der Waals surface area (Å²) in [5.41, 5.74) is 0. The topological polar surface area (TPSA) is 114 Å². The molecule has 76 heavy (non-hydrogen) atoms. The van der Waals surface area contributed by atoms with E-state index in [1.807, 2.05) is 33.3 Å². The Kier molecular flexibility index (Phi) is 54.3. The van der Waals surface area contributed by atoms with E-state index in [2.05, 4.69) is 74.7 Å². The fraction of sp³-hybridized carbons (Fsp3) is 0.818. The van der Waals surface area contributed by atoms with Gasteiger partial charge in [-0.1, -0.05) is 255 Å². The first-order valence-corrected chi connectivity index (χ1v) is 33.6. The molecule has 0 aromatic rings. The summed E-state index contributed by atoms with van der Waals surface area (Å²) in [6, 6.07) is -0.902. The van der Waals surface area contributed by atoms with Crippen LogP contribution in [0.3, 0.4) is 0 Å². The monoisotopic (exact) mass is 1090 g/mol. The first kappa shape index (κ1) is 73.7. The van der Waals surface area contributed by atoms with Crippen molar-refractivity contribution in [1.29, 1.82) is 0 Å². The number of rotatable bonds is 58. The minimum atomic E-state index is -4.70. The van der Waals surface area contributed by atoms with Gasteiger partial charge in [0.25, 0.3) is 7.82 Å². The summed E-state index contributed by atoms with van der Waals surface area (Å²) < 4.78 is 30.3. The van der Waals surface area contributed by atoms with Crippen LogP contribution in [0.25, 0.3) is 0 Å². The van der Waals surface area contributed by atoms with Gasteiger partial charge in [-0.2, -0.15) is 0 Å². The normalized spacial score (nSPS) is 14.0. The number of hydrogen-bond acceptors (Lipinski definition) is 7. The summed E-state index contributed by atoms with van der Waals surface area (Å²) in [6.45, 7) is 6.80. The number of likely N-dealkylation sites (N-methyl/N-ethyl adjacent to an activating group) is 1. The van der Waals surface area contributed by atoms with Crippen molar-refractivity contribution in [2.24, 2.45) is 0 Å². The van der Waals surface area contributed by atoms with Crippen LogP contribution in [0.15, 0.2) is 60.8 Å². The molecule has 0 aromatic heterocycles. The zero-order chi connectivity index (χ0) is 55.7. The SMILES string of the molecule is CCCCC/C=C\C/C=C\CCCCCCCCCCCCCCCC(=O)OC(/C=C\CCCCCCCCCCC)C(COP(=O)([O-])OCC[N+](C)(C)C)NC(=O)CCCCC/C=C/C=C/CCCCCCCCC. The molecule has 0 bridgehead atoms. The van der Waals surface area contributed by atoms with Crippen LogP contribution in [0.4, 0.5) is 0 Å². The zero-order valence-electron chi connectivity index (χ0n) is 50.7. The number of carbonyl (C=O) groups is 2. The molecule has 0 heterocycles. The van der Waals surface area contributed by atoms with Gasteiger partial charge in [-0.15, -0.1) is 0 Å². The van der Waals surface area contributed by atoms with Gasteiger partial charge < -0.3 is 28.5 Å². The number of unbranched alkanes of at least 4 members (excludes halogenated alkanes) is 35.